The Morgan fingerprint density at radius 2 is 1.86 bits per heavy atom. The van der Waals surface area contributed by atoms with E-state index in [2.05, 4.69) is 22.1 Å². The third-order valence-electron chi connectivity index (χ3n) is 4.89. The van der Waals surface area contributed by atoms with Crippen molar-refractivity contribution in [2.24, 2.45) is 0 Å². The van der Waals surface area contributed by atoms with E-state index in [4.69, 9.17) is 4.74 Å². The average Bonchev–Trinajstić information content (AvgIpc) is 2.74. The summed E-state index contributed by atoms with van der Waals surface area (Å²) in [5.74, 6) is 0.212. The van der Waals surface area contributed by atoms with Crippen LogP contribution in [0.5, 0.6) is 5.88 Å². The molecule has 1 aliphatic rings. The van der Waals surface area contributed by atoms with Gasteiger partial charge in [-0.3, -0.25) is 14.5 Å². The van der Waals surface area contributed by atoms with E-state index >= 15 is 0 Å². The highest BCUT2D eigenvalue weighted by Gasteiger charge is 2.25. The molecule has 0 radical (unpaired) electrons. The predicted molar refractivity (Wildman–Crippen MR) is 108 cm³/mol. The number of anilines is 1. The van der Waals surface area contributed by atoms with Crippen LogP contribution in [0.2, 0.25) is 0 Å². The molecule has 0 atom stereocenters. The largest absolute Gasteiger partial charge is 0.480 e. The summed E-state index contributed by atoms with van der Waals surface area (Å²) in [6.45, 7) is 4.81. The number of carbonyl (C=O) groups excluding carboxylic acids is 2. The number of hydrogen-bond donors (Lipinski definition) is 1. The fourth-order valence-corrected chi connectivity index (χ4v) is 3.34. The monoisotopic (exact) mass is 382 g/mol. The number of pyridine rings is 1. The number of carbonyl (C=O) groups is 2. The molecule has 0 saturated carbocycles. The summed E-state index contributed by atoms with van der Waals surface area (Å²) in [6, 6.07) is 11.3. The normalized spacial score (nSPS) is 14.6. The highest BCUT2D eigenvalue weighted by atomic mass is 16.5. The Morgan fingerprint density at radius 1 is 1.11 bits per heavy atom. The van der Waals surface area contributed by atoms with Gasteiger partial charge in [0.15, 0.2) is 0 Å². The zero-order valence-electron chi connectivity index (χ0n) is 16.4. The van der Waals surface area contributed by atoms with Crippen molar-refractivity contribution >= 4 is 17.5 Å². The molecule has 0 unspecified atom stereocenters. The molecule has 2 heterocycles. The minimum absolute atomic E-state index is 0.0328. The summed E-state index contributed by atoms with van der Waals surface area (Å²) in [4.78, 5) is 33.1. The number of nitrogens with zero attached hydrogens (tertiary/aromatic N) is 3. The molecule has 1 aromatic carbocycles. The number of amides is 2. The van der Waals surface area contributed by atoms with Gasteiger partial charge in [-0.15, -0.1) is 0 Å². The van der Waals surface area contributed by atoms with Gasteiger partial charge in [-0.05, 0) is 30.2 Å². The Balaban J connectivity index is 1.52. The van der Waals surface area contributed by atoms with Gasteiger partial charge in [-0.25, -0.2) is 4.98 Å². The highest BCUT2D eigenvalue weighted by Crippen LogP contribution is 2.18. The van der Waals surface area contributed by atoms with E-state index in [0.717, 1.165) is 17.7 Å². The van der Waals surface area contributed by atoms with Gasteiger partial charge < -0.3 is 15.0 Å². The molecule has 0 bridgehead atoms. The van der Waals surface area contributed by atoms with Gasteiger partial charge in [0.25, 0.3) is 5.91 Å². The number of piperazine rings is 1. The van der Waals surface area contributed by atoms with Crippen LogP contribution in [0.4, 0.5) is 5.69 Å². The lowest BCUT2D eigenvalue weighted by atomic mass is 10.1. The molecular weight excluding hydrogens is 356 g/mol. The van der Waals surface area contributed by atoms with Crippen molar-refractivity contribution in [3.8, 4) is 5.88 Å². The molecule has 2 amide bonds. The molecular formula is C21H26N4O3. The number of hydrogen-bond acceptors (Lipinski definition) is 5. The highest BCUT2D eigenvalue weighted by molar-refractivity contribution is 5.96. The zero-order chi connectivity index (χ0) is 19.9. The van der Waals surface area contributed by atoms with Gasteiger partial charge in [0.1, 0.15) is 5.56 Å². The van der Waals surface area contributed by atoms with Crippen molar-refractivity contribution < 1.29 is 14.3 Å². The van der Waals surface area contributed by atoms with Crippen LogP contribution in [0.1, 0.15) is 22.8 Å². The van der Waals surface area contributed by atoms with Gasteiger partial charge >= 0.3 is 0 Å². The van der Waals surface area contributed by atoms with E-state index in [-0.39, 0.29) is 11.8 Å². The van der Waals surface area contributed by atoms with Gasteiger partial charge in [0.2, 0.25) is 11.8 Å². The van der Waals surface area contributed by atoms with E-state index in [1.54, 1.807) is 23.2 Å². The maximum atomic E-state index is 12.7. The fourth-order valence-electron chi connectivity index (χ4n) is 3.34. The van der Waals surface area contributed by atoms with Gasteiger partial charge in [-0.2, -0.15) is 0 Å². The summed E-state index contributed by atoms with van der Waals surface area (Å²) in [7, 11) is 1.51. The molecule has 7 heteroatoms. The zero-order valence-corrected chi connectivity index (χ0v) is 16.4. The first-order valence-corrected chi connectivity index (χ1v) is 9.50. The maximum Gasteiger partial charge on any atom is 0.259 e. The van der Waals surface area contributed by atoms with E-state index < -0.39 is 0 Å². The standard InChI is InChI=1S/C21H26N4O3/c1-3-16-7-4-5-9-18(16)23-19(26)15-24-11-13-25(14-12-24)21(27)17-8-6-10-22-20(17)28-2/h4-10H,3,11-15H2,1-2H3,(H,23,26). The third kappa shape index (κ3) is 4.67. The second-order valence-corrected chi connectivity index (χ2v) is 6.69. The summed E-state index contributed by atoms with van der Waals surface area (Å²) in [5, 5.41) is 3.00. The quantitative estimate of drug-likeness (QED) is 0.828. The number of para-hydroxylation sites is 1. The molecule has 3 rings (SSSR count). The maximum absolute atomic E-state index is 12.7. The number of nitrogens with one attached hydrogen (secondary N) is 1. The molecule has 1 fully saturated rings. The molecule has 1 aromatic heterocycles. The van der Waals surface area contributed by atoms with E-state index in [9.17, 15) is 9.59 Å². The summed E-state index contributed by atoms with van der Waals surface area (Å²) in [5.41, 5.74) is 2.46. The van der Waals surface area contributed by atoms with Crippen LogP contribution in [0, 0.1) is 0 Å². The van der Waals surface area contributed by atoms with Crippen molar-refractivity contribution in [2.75, 3.05) is 45.2 Å². The van der Waals surface area contributed by atoms with Gasteiger partial charge in [-0.1, -0.05) is 25.1 Å². The van der Waals surface area contributed by atoms with Crippen LogP contribution in [-0.4, -0.2) is 66.4 Å². The minimum atomic E-state index is -0.0917. The van der Waals surface area contributed by atoms with Gasteiger partial charge in [0, 0.05) is 38.1 Å². The van der Waals surface area contributed by atoms with Crippen molar-refractivity contribution in [3.05, 3.63) is 53.7 Å². The second kappa shape index (κ2) is 9.32. The first-order valence-electron chi connectivity index (χ1n) is 9.50. The van der Waals surface area contributed by atoms with Crippen LogP contribution < -0.4 is 10.1 Å². The fraction of sp³-hybridized carbons (Fsp3) is 0.381. The van der Waals surface area contributed by atoms with E-state index in [1.165, 1.54) is 7.11 Å². The predicted octanol–water partition coefficient (Wildman–Crippen LogP) is 2.05. The van der Waals surface area contributed by atoms with Crippen molar-refractivity contribution in [1.29, 1.82) is 0 Å². The van der Waals surface area contributed by atoms with Crippen molar-refractivity contribution in [3.63, 3.8) is 0 Å². The van der Waals surface area contributed by atoms with Crippen LogP contribution >= 0.6 is 0 Å². The molecule has 2 aromatic rings. The smallest absolute Gasteiger partial charge is 0.259 e. The van der Waals surface area contributed by atoms with Crippen LogP contribution in [0.25, 0.3) is 0 Å². The molecule has 0 spiro atoms. The number of rotatable bonds is 6. The molecule has 7 nitrogen and oxygen atoms in total. The average molecular weight is 382 g/mol. The molecule has 28 heavy (non-hydrogen) atoms. The first-order chi connectivity index (χ1) is 13.6. The number of ether oxygens (including phenoxy) is 1. The summed E-state index contributed by atoms with van der Waals surface area (Å²) in [6.07, 6.45) is 2.47. The number of methoxy groups -OCH3 is 1. The third-order valence-corrected chi connectivity index (χ3v) is 4.89. The van der Waals surface area contributed by atoms with Crippen LogP contribution in [-0.2, 0) is 11.2 Å². The molecule has 0 aliphatic carbocycles. The Hall–Kier alpha value is -2.93. The summed E-state index contributed by atoms with van der Waals surface area (Å²) >= 11 is 0. The van der Waals surface area contributed by atoms with Crippen molar-refractivity contribution in [1.82, 2.24) is 14.8 Å². The number of aromatic nitrogens is 1. The Morgan fingerprint density at radius 3 is 2.57 bits per heavy atom. The Kier molecular flexibility index (Phi) is 6.60. The Bertz CT molecular complexity index is 832. The number of aryl methyl sites for hydroxylation is 1. The minimum Gasteiger partial charge on any atom is -0.480 e. The molecule has 1 saturated heterocycles. The second-order valence-electron chi connectivity index (χ2n) is 6.69. The number of benzene rings is 1. The van der Waals surface area contributed by atoms with Crippen molar-refractivity contribution in [2.45, 2.75) is 13.3 Å². The Labute approximate surface area is 165 Å². The molecule has 1 N–H and O–H groups in total. The molecule has 1 aliphatic heterocycles. The lowest BCUT2D eigenvalue weighted by Crippen LogP contribution is -2.50. The lowest BCUT2D eigenvalue weighted by molar-refractivity contribution is -0.117. The SMILES string of the molecule is CCc1ccccc1NC(=O)CN1CCN(C(=O)c2cccnc2OC)CC1. The van der Waals surface area contributed by atoms with E-state index in [0.29, 0.717) is 44.2 Å². The molecule has 148 valence electrons. The topological polar surface area (TPSA) is 74.8 Å². The first kappa shape index (κ1) is 19.8. The van der Waals surface area contributed by atoms with Gasteiger partial charge in [0.05, 0.1) is 13.7 Å². The lowest BCUT2D eigenvalue weighted by Gasteiger charge is -2.34. The summed E-state index contributed by atoms with van der Waals surface area (Å²) < 4.78 is 5.18. The van der Waals surface area contributed by atoms with Crippen LogP contribution in [0.3, 0.4) is 0 Å². The van der Waals surface area contributed by atoms with E-state index in [1.807, 2.05) is 24.3 Å². The van der Waals surface area contributed by atoms with Crippen LogP contribution in [0.15, 0.2) is 42.6 Å².